The molecule has 1 saturated heterocycles. The van der Waals surface area contributed by atoms with Crippen LogP contribution in [-0.2, 0) is 11.8 Å². The molecule has 5 aromatic rings. The number of aromatic nitrogens is 4. The van der Waals surface area contributed by atoms with E-state index in [1.54, 1.807) is 7.11 Å². The van der Waals surface area contributed by atoms with E-state index in [1.807, 2.05) is 73.3 Å². The van der Waals surface area contributed by atoms with Gasteiger partial charge < -0.3 is 24.6 Å². The number of para-hydroxylation sites is 1. The molecule has 0 radical (unpaired) electrons. The molecule has 1 saturated carbocycles. The highest BCUT2D eigenvalue weighted by atomic mass is 19.4. The van der Waals surface area contributed by atoms with Crippen molar-refractivity contribution in [2.45, 2.75) is 50.7 Å². The second kappa shape index (κ2) is 14.7. The standard InChI is InChI=1S/C35H41N7O2.C2HF3O2/c1-23-33-32(38-34(42(33)16-15-36-23)24-9-12-27(13-10-24)41-19-17-39(2)18-20-41)26-11-14-28(31(22-26)44-4)37-35(43)30-21-25-7-5-6-8-29(25)40(30)3;3-2(4,5)1(6)7/h5-8,11,14-16,21-22,24,27H,9-10,12-13,17-20H2,1-4H3,(H,37,43);(H,6,7). The first-order chi connectivity index (χ1) is 24.3. The van der Waals surface area contributed by atoms with Crippen molar-refractivity contribution in [3.63, 3.8) is 0 Å². The fourth-order valence-electron chi connectivity index (χ4n) is 7.23. The number of fused-ring (bicyclic) bond motifs is 2. The van der Waals surface area contributed by atoms with Crippen molar-refractivity contribution < 1.29 is 32.6 Å². The number of hydrogen-bond acceptors (Lipinski definition) is 7. The average Bonchev–Trinajstić information content (AvgIpc) is 3.68. The van der Waals surface area contributed by atoms with Crippen LogP contribution in [0.4, 0.5) is 18.9 Å². The van der Waals surface area contributed by atoms with E-state index in [4.69, 9.17) is 19.6 Å². The Labute approximate surface area is 293 Å². The fourth-order valence-corrected chi connectivity index (χ4v) is 7.23. The van der Waals surface area contributed by atoms with E-state index in [-0.39, 0.29) is 5.91 Å². The van der Waals surface area contributed by atoms with Crippen molar-refractivity contribution in [3.8, 4) is 17.0 Å². The topological polar surface area (TPSA) is 117 Å². The van der Waals surface area contributed by atoms with E-state index in [9.17, 15) is 18.0 Å². The molecule has 4 heterocycles. The van der Waals surface area contributed by atoms with Crippen LogP contribution in [-0.4, -0.2) is 98.3 Å². The number of rotatable bonds is 6. The minimum absolute atomic E-state index is 0.184. The zero-order valence-corrected chi connectivity index (χ0v) is 29.1. The van der Waals surface area contributed by atoms with Crippen molar-refractivity contribution in [2.75, 3.05) is 45.7 Å². The summed E-state index contributed by atoms with van der Waals surface area (Å²) in [5.41, 5.74) is 6.03. The molecule has 1 aliphatic carbocycles. The third-order valence-electron chi connectivity index (χ3n) is 10.0. The number of alkyl halides is 3. The van der Waals surface area contributed by atoms with Crippen LogP contribution in [0.3, 0.4) is 0 Å². The van der Waals surface area contributed by atoms with E-state index >= 15 is 0 Å². The predicted molar refractivity (Wildman–Crippen MR) is 188 cm³/mol. The minimum atomic E-state index is -5.08. The number of anilines is 1. The minimum Gasteiger partial charge on any atom is -0.495 e. The smallest absolute Gasteiger partial charge is 0.490 e. The Morgan fingerprint density at radius 2 is 1.67 bits per heavy atom. The Kier molecular flexibility index (Phi) is 10.4. The number of carbonyl (C=O) groups excluding carboxylic acids is 1. The number of halogens is 3. The summed E-state index contributed by atoms with van der Waals surface area (Å²) in [4.78, 5) is 37.3. The number of likely N-dealkylation sites (N-methyl/N-ethyl adjacent to an activating group) is 1. The molecular formula is C37H42F3N7O4. The number of carbonyl (C=O) groups is 2. The molecule has 1 aliphatic heterocycles. The number of aliphatic carboxylic acids is 1. The van der Waals surface area contributed by atoms with Gasteiger partial charge in [0.05, 0.1) is 29.7 Å². The van der Waals surface area contributed by atoms with Crippen LogP contribution in [0.2, 0.25) is 0 Å². The number of amides is 1. The third kappa shape index (κ3) is 7.57. The summed E-state index contributed by atoms with van der Waals surface area (Å²) in [5.74, 6) is -0.830. The third-order valence-corrected chi connectivity index (χ3v) is 10.0. The summed E-state index contributed by atoms with van der Waals surface area (Å²) in [5, 5.41) is 11.2. The molecular weight excluding hydrogens is 663 g/mol. The van der Waals surface area contributed by atoms with Gasteiger partial charge in [0.1, 0.15) is 17.3 Å². The second-order valence-electron chi connectivity index (χ2n) is 13.2. The number of nitrogens with zero attached hydrogens (tertiary/aromatic N) is 6. The average molecular weight is 706 g/mol. The van der Waals surface area contributed by atoms with E-state index in [0.29, 0.717) is 29.1 Å². The second-order valence-corrected chi connectivity index (χ2v) is 13.2. The number of aryl methyl sites for hydroxylation is 2. The number of methoxy groups -OCH3 is 1. The van der Waals surface area contributed by atoms with Gasteiger partial charge in [-0.25, -0.2) is 9.78 Å². The number of imidazole rings is 1. The van der Waals surface area contributed by atoms with Crippen LogP contribution in [0.1, 0.15) is 53.6 Å². The Balaban J connectivity index is 0.000000582. The lowest BCUT2D eigenvalue weighted by Gasteiger charge is -2.41. The summed E-state index contributed by atoms with van der Waals surface area (Å²) >= 11 is 0. The molecule has 7 rings (SSSR count). The van der Waals surface area contributed by atoms with Crippen LogP contribution in [0.25, 0.3) is 27.7 Å². The first-order valence-electron chi connectivity index (χ1n) is 17.0. The number of hydrogen-bond donors (Lipinski definition) is 2. The van der Waals surface area contributed by atoms with Crippen molar-refractivity contribution >= 4 is 34.0 Å². The molecule has 51 heavy (non-hydrogen) atoms. The first kappa shape index (κ1) is 35.9. The number of piperazine rings is 1. The van der Waals surface area contributed by atoms with Crippen LogP contribution in [0, 0.1) is 6.92 Å². The number of ether oxygens (including phenoxy) is 1. The summed E-state index contributed by atoms with van der Waals surface area (Å²) in [6.07, 6.45) is 3.54. The molecule has 0 atom stereocenters. The molecule has 0 unspecified atom stereocenters. The molecule has 0 bridgehead atoms. The highest BCUT2D eigenvalue weighted by Gasteiger charge is 2.38. The van der Waals surface area contributed by atoms with Gasteiger partial charge in [0.25, 0.3) is 5.91 Å². The lowest BCUT2D eigenvalue weighted by molar-refractivity contribution is -0.192. The molecule has 2 fully saturated rings. The Hall–Kier alpha value is -4.95. The fraction of sp³-hybridized carbons (Fsp3) is 0.405. The van der Waals surface area contributed by atoms with Gasteiger partial charge in [-0.05, 0) is 63.9 Å². The molecule has 0 spiro atoms. The van der Waals surface area contributed by atoms with Gasteiger partial charge in [0.2, 0.25) is 0 Å². The normalized spacial score (nSPS) is 18.7. The van der Waals surface area contributed by atoms with Gasteiger partial charge in [0, 0.05) is 74.0 Å². The van der Waals surface area contributed by atoms with E-state index < -0.39 is 12.1 Å². The SMILES string of the molecule is COc1cc(-c2nc(C3CCC(N4CCN(C)CC4)CC3)n3ccnc(C)c23)ccc1NC(=O)c1cc2ccccc2n1C.O=C(O)C(F)(F)F. The summed E-state index contributed by atoms with van der Waals surface area (Å²) in [6, 6.07) is 16.5. The number of carboxylic acid groups (broad SMARTS) is 1. The summed E-state index contributed by atoms with van der Waals surface area (Å²) in [6.45, 7) is 6.72. The molecule has 1 amide bonds. The first-order valence-corrected chi connectivity index (χ1v) is 17.0. The zero-order valence-electron chi connectivity index (χ0n) is 29.1. The van der Waals surface area contributed by atoms with E-state index in [1.165, 1.54) is 25.9 Å². The quantitative estimate of drug-likeness (QED) is 0.210. The van der Waals surface area contributed by atoms with Gasteiger partial charge in [-0.15, -0.1) is 0 Å². The highest BCUT2D eigenvalue weighted by molar-refractivity contribution is 6.07. The summed E-state index contributed by atoms with van der Waals surface area (Å²) < 4.78 is 41.7. The van der Waals surface area contributed by atoms with Gasteiger partial charge in [-0.2, -0.15) is 13.2 Å². The van der Waals surface area contributed by atoms with E-state index in [2.05, 4.69) is 37.7 Å². The maximum atomic E-state index is 13.3. The Morgan fingerprint density at radius 3 is 2.31 bits per heavy atom. The van der Waals surface area contributed by atoms with Crippen LogP contribution < -0.4 is 10.1 Å². The molecule has 2 N–H and O–H groups in total. The Morgan fingerprint density at radius 1 is 0.980 bits per heavy atom. The largest absolute Gasteiger partial charge is 0.495 e. The number of benzene rings is 2. The maximum absolute atomic E-state index is 13.3. The molecule has 14 heteroatoms. The molecule has 11 nitrogen and oxygen atoms in total. The van der Waals surface area contributed by atoms with Crippen LogP contribution in [0.5, 0.6) is 5.75 Å². The molecule has 2 aliphatic rings. The van der Waals surface area contributed by atoms with Gasteiger partial charge >= 0.3 is 12.1 Å². The Bertz CT molecular complexity index is 2040. The predicted octanol–water partition coefficient (Wildman–Crippen LogP) is 6.36. The van der Waals surface area contributed by atoms with Crippen molar-refractivity contribution in [3.05, 3.63) is 78.1 Å². The highest BCUT2D eigenvalue weighted by Crippen LogP contribution is 2.39. The van der Waals surface area contributed by atoms with Crippen LogP contribution >= 0.6 is 0 Å². The molecule has 270 valence electrons. The number of carboxylic acids is 1. The van der Waals surface area contributed by atoms with Gasteiger partial charge in [-0.1, -0.05) is 24.3 Å². The molecule has 3 aromatic heterocycles. The van der Waals surface area contributed by atoms with Crippen LogP contribution in [0.15, 0.2) is 60.9 Å². The van der Waals surface area contributed by atoms with E-state index in [0.717, 1.165) is 65.1 Å². The van der Waals surface area contributed by atoms with Gasteiger partial charge in [-0.3, -0.25) is 19.1 Å². The maximum Gasteiger partial charge on any atom is 0.490 e. The lowest BCUT2D eigenvalue weighted by atomic mass is 9.84. The van der Waals surface area contributed by atoms with Crippen molar-refractivity contribution in [1.82, 2.24) is 28.7 Å². The summed E-state index contributed by atoms with van der Waals surface area (Å²) in [7, 11) is 5.76. The monoisotopic (exact) mass is 705 g/mol. The van der Waals surface area contributed by atoms with Crippen molar-refractivity contribution in [2.24, 2.45) is 7.05 Å². The lowest BCUT2D eigenvalue weighted by Crippen LogP contribution is -2.49. The zero-order chi connectivity index (χ0) is 36.4. The molecule has 2 aromatic carbocycles. The van der Waals surface area contributed by atoms with Crippen molar-refractivity contribution in [1.29, 1.82) is 0 Å². The number of nitrogens with one attached hydrogen (secondary N) is 1. The van der Waals surface area contributed by atoms with Gasteiger partial charge in [0.15, 0.2) is 0 Å².